The van der Waals surface area contributed by atoms with Crippen LogP contribution >= 0.6 is 0 Å². The molecule has 0 aromatic carbocycles. The van der Waals surface area contributed by atoms with Crippen molar-refractivity contribution in [2.45, 2.75) is 90.1 Å². The standard InChI is InChI=1S/C30H33F3N6.Pt/c1-26(2,3)24-18-16-38(36-24)22-14-10-12-20(34-22)27(4,5)21-13-11-15-23(35-21)39-17-19(25(37-39)30(31,32)33)29(8,9)28(18,6)7;/h10-15H,1-9H3;/q-2;+2. The van der Waals surface area contributed by atoms with Gasteiger partial charge < -0.3 is 9.36 Å². The van der Waals surface area contributed by atoms with Crippen molar-refractivity contribution in [1.82, 2.24) is 29.5 Å². The van der Waals surface area contributed by atoms with Crippen LogP contribution in [0.2, 0.25) is 0 Å². The molecule has 0 atom stereocenters. The molecule has 0 aliphatic carbocycles. The summed E-state index contributed by atoms with van der Waals surface area (Å²) in [5, 5.41) is 8.94. The molecule has 0 radical (unpaired) electrons. The molecule has 0 saturated heterocycles. The SMILES string of the molecule is CC(C)(C)c1nn2[c-]c1C(C)(C)C(C)(C)c1[c-]n(nc1C(F)(F)F)-c1cccc(n1)C(C)(C)c1cccc-2n1.[Pt+2]. The fraction of sp³-hybridized carbons (Fsp3) is 0.467. The molecular formula is C30H33F3N6Pt. The summed E-state index contributed by atoms with van der Waals surface area (Å²) < 4.78 is 46.2. The maximum Gasteiger partial charge on any atom is 2.00 e. The van der Waals surface area contributed by atoms with Gasteiger partial charge in [-0.15, -0.1) is 11.1 Å². The fourth-order valence-corrected chi connectivity index (χ4v) is 5.01. The summed E-state index contributed by atoms with van der Waals surface area (Å²) in [6.07, 6.45) is 1.69. The van der Waals surface area contributed by atoms with Crippen LogP contribution in [0.1, 0.15) is 96.2 Å². The minimum absolute atomic E-state index is 0. The Morgan fingerprint density at radius 2 is 1.07 bits per heavy atom. The summed E-state index contributed by atoms with van der Waals surface area (Å²) >= 11 is 0. The van der Waals surface area contributed by atoms with E-state index in [2.05, 4.69) is 17.5 Å². The largest absolute Gasteiger partial charge is 2.00 e. The molecule has 0 fully saturated rings. The number of hydrogen-bond donors (Lipinski definition) is 0. The van der Waals surface area contributed by atoms with Gasteiger partial charge in [-0.2, -0.15) is 13.2 Å². The molecular weight excluding hydrogens is 696 g/mol. The summed E-state index contributed by atoms with van der Waals surface area (Å²) in [7, 11) is 0. The molecule has 0 saturated carbocycles. The number of pyridine rings is 2. The molecule has 1 aliphatic rings. The first-order valence-electron chi connectivity index (χ1n) is 12.9. The van der Waals surface area contributed by atoms with Crippen LogP contribution in [0.5, 0.6) is 0 Å². The second-order valence-electron chi connectivity index (χ2n) is 12.9. The molecule has 0 amide bonds. The topological polar surface area (TPSA) is 61.4 Å². The monoisotopic (exact) mass is 729 g/mol. The van der Waals surface area contributed by atoms with Gasteiger partial charge in [0.25, 0.3) is 0 Å². The maximum atomic E-state index is 14.5. The van der Waals surface area contributed by atoms with E-state index >= 15 is 0 Å². The average Bonchev–Trinajstić information content (AvgIpc) is 3.50. The van der Waals surface area contributed by atoms with Crippen molar-refractivity contribution in [3.63, 3.8) is 0 Å². The van der Waals surface area contributed by atoms with Gasteiger partial charge >= 0.3 is 27.2 Å². The predicted octanol–water partition coefficient (Wildman–Crippen LogP) is 6.66. The molecule has 214 valence electrons. The molecule has 5 heterocycles. The number of nitrogens with zero attached hydrogens (tertiary/aromatic N) is 6. The molecule has 0 spiro atoms. The van der Waals surface area contributed by atoms with E-state index in [1.807, 2.05) is 72.7 Å². The second-order valence-corrected chi connectivity index (χ2v) is 12.9. The summed E-state index contributed by atoms with van der Waals surface area (Å²) in [5.41, 5.74) is -1.22. The molecule has 4 aromatic heterocycles. The van der Waals surface area contributed by atoms with Gasteiger partial charge in [-0.1, -0.05) is 85.1 Å². The quantitative estimate of drug-likeness (QED) is 0.190. The van der Waals surface area contributed by atoms with Crippen molar-refractivity contribution in [1.29, 1.82) is 0 Å². The molecule has 1 aliphatic heterocycles. The van der Waals surface area contributed by atoms with Gasteiger partial charge in [0.1, 0.15) is 0 Å². The molecule has 0 unspecified atom stereocenters. The molecule has 8 bridgehead atoms. The smallest absolute Gasteiger partial charge is 0.343 e. The van der Waals surface area contributed by atoms with Crippen molar-refractivity contribution in [3.05, 3.63) is 82.7 Å². The average molecular weight is 730 g/mol. The minimum atomic E-state index is -4.69. The third kappa shape index (κ3) is 4.64. The van der Waals surface area contributed by atoms with Crippen LogP contribution < -0.4 is 0 Å². The summed E-state index contributed by atoms with van der Waals surface area (Å²) in [5.74, 6) is 0.829. The van der Waals surface area contributed by atoms with E-state index in [0.717, 1.165) is 16.1 Å². The second kappa shape index (κ2) is 9.37. The number of hydrogen-bond acceptors (Lipinski definition) is 4. The molecule has 40 heavy (non-hydrogen) atoms. The first kappa shape index (κ1) is 30.2. The molecule has 6 nitrogen and oxygen atoms in total. The zero-order chi connectivity index (χ0) is 28.8. The van der Waals surface area contributed by atoms with Crippen LogP contribution in [0.25, 0.3) is 11.6 Å². The summed E-state index contributed by atoms with van der Waals surface area (Å²) in [4.78, 5) is 9.69. The predicted molar refractivity (Wildman–Crippen MR) is 142 cm³/mol. The van der Waals surface area contributed by atoms with Crippen molar-refractivity contribution < 1.29 is 34.2 Å². The molecule has 10 heteroatoms. The Bertz CT molecular complexity index is 1450. The van der Waals surface area contributed by atoms with Crippen LogP contribution in [0.15, 0.2) is 36.4 Å². The Labute approximate surface area is 247 Å². The summed E-state index contributed by atoms with van der Waals surface area (Å²) in [6, 6.07) is 10.9. The van der Waals surface area contributed by atoms with Crippen molar-refractivity contribution in [2.24, 2.45) is 0 Å². The molecule has 0 N–H and O–H groups in total. The van der Waals surface area contributed by atoms with Crippen molar-refractivity contribution in [3.8, 4) is 11.6 Å². The summed E-state index contributed by atoms with van der Waals surface area (Å²) in [6.45, 7) is 17.5. The van der Waals surface area contributed by atoms with Crippen LogP contribution in [0.4, 0.5) is 13.2 Å². The fourth-order valence-electron chi connectivity index (χ4n) is 5.01. The van der Waals surface area contributed by atoms with E-state index in [-0.39, 0.29) is 32.4 Å². The van der Waals surface area contributed by atoms with Crippen molar-refractivity contribution in [2.75, 3.05) is 0 Å². The third-order valence-corrected chi connectivity index (χ3v) is 8.28. The Morgan fingerprint density at radius 1 is 0.675 bits per heavy atom. The van der Waals surface area contributed by atoms with E-state index in [4.69, 9.17) is 15.1 Å². The third-order valence-electron chi connectivity index (χ3n) is 8.28. The van der Waals surface area contributed by atoms with E-state index in [9.17, 15) is 13.2 Å². The number of alkyl halides is 3. The van der Waals surface area contributed by atoms with E-state index < -0.39 is 33.5 Å². The Balaban J connectivity index is 0.00000370. The van der Waals surface area contributed by atoms with Gasteiger partial charge in [-0.25, -0.2) is 0 Å². The Kier molecular flexibility index (Phi) is 7.06. The van der Waals surface area contributed by atoms with E-state index in [1.54, 1.807) is 30.7 Å². The van der Waals surface area contributed by atoms with Crippen LogP contribution in [0.3, 0.4) is 0 Å². The minimum Gasteiger partial charge on any atom is -0.343 e. The van der Waals surface area contributed by atoms with E-state index in [1.165, 1.54) is 0 Å². The Hall–Kier alpha value is -2.80. The number of aromatic nitrogens is 6. The zero-order valence-electron chi connectivity index (χ0n) is 24.1. The first-order chi connectivity index (χ1) is 17.8. The zero-order valence-corrected chi connectivity index (χ0v) is 26.4. The van der Waals surface area contributed by atoms with E-state index in [0.29, 0.717) is 17.1 Å². The van der Waals surface area contributed by atoms with Crippen LogP contribution in [-0.2, 0) is 48.9 Å². The van der Waals surface area contributed by atoms with Crippen LogP contribution in [-0.4, -0.2) is 29.5 Å². The normalized spacial score (nSPS) is 17.4. The van der Waals surface area contributed by atoms with Gasteiger partial charge in [0.05, 0.1) is 17.3 Å². The molecule has 5 rings (SSSR count). The number of rotatable bonds is 0. The number of halogens is 3. The van der Waals surface area contributed by atoms with Gasteiger partial charge in [-0.05, 0) is 47.9 Å². The number of fused-ring (bicyclic) bond motifs is 10. The van der Waals surface area contributed by atoms with Gasteiger partial charge in [0.2, 0.25) is 0 Å². The first-order valence-corrected chi connectivity index (χ1v) is 12.9. The van der Waals surface area contributed by atoms with Crippen molar-refractivity contribution >= 4 is 0 Å². The van der Waals surface area contributed by atoms with Crippen LogP contribution in [0, 0.1) is 12.4 Å². The van der Waals surface area contributed by atoms with Gasteiger partial charge in [0.15, 0.2) is 0 Å². The maximum absolute atomic E-state index is 14.5. The molecule has 4 aromatic rings. The van der Waals surface area contributed by atoms with Gasteiger partial charge in [0, 0.05) is 16.8 Å². The van der Waals surface area contributed by atoms with Gasteiger partial charge in [-0.3, -0.25) is 20.2 Å². The Morgan fingerprint density at radius 3 is 1.48 bits per heavy atom.